The molecule has 0 saturated carbocycles. The molecule has 0 aliphatic heterocycles. The number of rotatable bonds is 8. The van der Waals surface area contributed by atoms with Crippen molar-refractivity contribution in [3.8, 4) is 11.5 Å². The largest absolute Gasteiger partial charge is 0.457 e. The summed E-state index contributed by atoms with van der Waals surface area (Å²) >= 11 is 6.29. The van der Waals surface area contributed by atoms with E-state index in [1.165, 1.54) is 0 Å². The second-order valence-electron chi connectivity index (χ2n) is 8.38. The molecule has 3 aromatic carbocycles. The van der Waals surface area contributed by atoms with Crippen LogP contribution in [0.15, 0.2) is 79.0 Å². The molecule has 0 fully saturated rings. The molecule has 1 amide bonds. The standard InChI is InChI=1S/C27H27ClN2O2/c1-18(2)16-30-27(31)15-23(25-17-29-26-12-11-20(28)14-24(25)26)19-7-6-10-22(13-19)32-21-8-4-3-5-9-21/h3-14,17-18,23,29H,15-16H2,1-2H3,(H,30,31). The summed E-state index contributed by atoms with van der Waals surface area (Å²) in [4.78, 5) is 16.1. The highest BCUT2D eigenvalue weighted by molar-refractivity contribution is 6.31. The molecule has 164 valence electrons. The van der Waals surface area contributed by atoms with E-state index in [2.05, 4.69) is 24.1 Å². The summed E-state index contributed by atoms with van der Waals surface area (Å²) < 4.78 is 6.05. The van der Waals surface area contributed by atoms with Gasteiger partial charge in [0.25, 0.3) is 0 Å². The van der Waals surface area contributed by atoms with Gasteiger partial charge < -0.3 is 15.0 Å². The van der Waals surface area contributed by atoms with Gasteiger partial charge in [0, 0.05) is 41.0 Å². The third-order valence-corrected chi connectivity index (χ3v) is 5.62. The summed E-state index contributed by atoms with van der Waals surface area (Å²) in [7, 11) is 0. The molecule has 5 heteroatoms. The van der Waals surface area contributed by atoms with E-state index in [0.29, 0.717) is 23.9 Å². The van der Waals surface area contributed by atoms with E-state index in [1.807, 2.05) is 79.0 Å². The smallest absolute Gasteiger partial charge is 0.220 e. The molecule has 4 nitrogen and oxygen atoms in total. The summed E-state index contributed by atoms with van der Waals surface area (Å²) in [5, 5.41) is 4.74. The lowest BCUT2D eigenvalue weighted by molar-refractivity contribution is -0.121. The number of carbonyl (C=O) groups excluding carboxylic acids is 1. The topological polar surface area (TPSA) is 54.1 Å². The molecule has 1 atom stereocenters. The van der Waals surface area contributed by atoms with Crippen LogP contribution in [0.2, 0.25) is 5.02 Å². The van der Waals surface area contributed by atoms with Crippen molar-refractivity contribution in [2.75, 3.05) is 6.54 Å². The molecule has 0 bridgehead atoms. The van der Waals surface area contributed by atoms with Crippen LogP contribution in [-0.4, -0.2) is 17.4 Å². The molecule has 1 heterocycles. The number of hydrogen-bond donors (Lipinski definition) is 2. The molecule has 0 radical (unpaired) electrons. The van der Waals surface area contributed by atoms with E-state index in [1.54, 1.807) is 0 Å². The van der Waals surface area contributed by atoms with Crippen molar-refractivity contribution in [1.29, 1.82) is 0 Å². The average Bonchev–Trinajstić information content (AvgIpc) is 3.19. The van der Waals surface area contributed by atoms with E-state index < -0.39 is 0 Å². The average molecular weight is 447 g/mol. The SMILES string of the molecule is CC(C)CNC(=O)CC(c1cccc(Oc2ccccc2)c1)c1c[nH]c2ccc(Cl)cc12. The molecule has 0 saturated heterocycles. The van der Waals surface area contributed by atoms with Crippen LogP contribution in [0.4, 0.5) is 0 Å². The predicted octanol–water partition coefficient (Wildman–Crippen LogP) is 6.91. The Balaban J connectivity index is 1.69. The molecule has 1 aromatic heterocycles. The van der Waals surface area contributed by atoms with Crippen LogP contribution in [0.5, 0.6) is 11.5 Å². The number of nitrogens with one attached hydrogen (secondary N) is 2. The van der Waals surface area contributed by atoms with Gasteiger partial charge in [-0.2, -0.15) is 0 Å². The van der Waals surface area contributed by atoms with Crippen molar-refractivity contribution < 1.29 is 9.53 Å². The van der Waals surface area contributed by atoms with Crippen molar-refractivity contribution in [3.63, 3.8) is 0 Å². The van der Waals surface area contributed by atoms with Gasteiger partial charge in [0.05, 0.1) is 0 Å². The van der Waals surface area contributed by atoms with E-state index in [0.717, 1.165) is 33.5 Å². The molecular formula is C27H27ClN2O2. The summed E-state index contributed by atoms with van der Waals surface area (Å²) in [6.07, 6.45) is 2.31. The molecule has 1 unspecified atom stereocenters. The highest BCUT2D eigenvalue weighted by atomic mass is 35.5. The summed E-state index contributed by atoms with van der Waals surface area (Å²) in [6.45, 7) is 4.83. The van der Waals surface area contributed by atoms with Crippen LogP contribution in [0.1, 0.15) is 37.3 Å². The maximum atomic E-state index is 12.8. The van der Waals surface area contributed by atoms with E-state index in [9.17, 15) is 4.79 Å². The van der Waals surface area contributed by atoms with Crippen molar-refractivity contribution in [3.05, 3.63) is 95.1 Å². The quantitative estimate of drug-likeness (QED) is 0.309. The normalized spacial score (nSPS) is 12.1. The fraction of sp³-hybridized carbons (Fsp3) is 0.222. The molecule has 32 heavy (non-hydrogen) atoms. The van der Waals surface area contributed by atoms with Gasteiger partial charge in [-0.05, 0) is 59.5 Å². The second kappa shape index (κ2) is 9.92. The third kappa shape index (κ3) is 5.32. The number of halogens is 1. The third-order valence-electron chi connectivity index (χ3n) is 5.39. The van der Waals surface area contributed by atoms with E-state index >= 15 is 0 Å². The van der Waals surface area contributed by atoms with Crippen molar-refractivity contribution in [1.82, 2.24) is 10.3 Å². The van der Waals surface area contributed by atoms with Gasteiger partial charge in [-0.3, -0.25) is 4.79 Å². The number of aromatic nitrogens is 1. The van der Waals surface area contributed by atoms with Crippen molar-refractivity contribution >= 4 is 28.4 Å². The highest BCUT2D eigenvalue weighted by Crippen LogP contribution is 2.36. The number of ether oxygens (including phenoxy) is 1. The molecule has 0 spiro atoms. The number of para-hydroxylation sites is 1. The van der Waals surface area contributed by atoms with Crippen molar-refractivity contribution in [2.45, 2.75) is 26.2 Å². The molecule has 0 aliphatic rings. The number of H-pyrrole nitrogens is 1. The van der Waals surface area contributed by atoms with Crippen LogP contribution in [-0.2, 0) is 4.79 Å². The maximum Gasteiger partial charge on any atom is 0.220 e. The Morgan fingerprint density at radius 3 is 2.56 bits per heavy atom. The number of benzene rings is 3. The number of hydrogen-bond acceptors (Lipinski definition) is 2. The number of aromatic amines is 1. The Labute approximate surface area is 193 Å². The lowest BCUT2D eigenvalue weighted by atomic mass is 9.87. The number of carbonyl (C=O) groups is 1. The van der Waals surface area contributed by atoms with Crippen molar-refractivity contribution in [2.24, 2.45) is 5.92 Å². The summed E-state index contributed by atoms with van der Waals surface area (Å²) in [5.41, 5.74) is 3.05. The number of amides is 1. The zero-order valence-electron chi connectivity index (χ0n) is 18.3. The van der Waals surface area contributed by atoms with Crippen LogP contribution in [0, 0.1) is 5.92 Å². The Morgan fingerprint density at radius 2 is 1.78 bits per heavy atom. The first-order chi connectivity index (χ1) is 15.5. The van der Waals surface area contributed by atoms with Gasteiger partial charge in [-0.25, -0.2) is 0 Å². The Bertz CT molecular complexity index is 1200. The maximum absolute atomic E-state index is 12.8. The Morgan fingerprint density at radius 1 is 1.00 bits per heavy atom. The predicted molar refractivity (Wildman–Crippen MR) is 131 cm³/mol. The Hall–Kier alpha value is -3.24. The molecule has 2 N–H and O–H groups in total. The summed E-state index contributed by atoms with van der Waals surface area (Å²) in [6, 6.07) is 23.4. The van der Waals surface area contributed by atoms with Gasteiger partial charge in [-0.15, -0.1) is 0 Å². The molecule has 0 aliphatic carbocycles. The second-order valence-corrected chi connectivity index (χ2v) is 8.81. The highest BCUT2D eigenvalue weighted by Gasteiger charge is 2.22. The fourth-order valence-corrected chi connectivity index (χ4v) is 3.98. The van der Waals surface area contributed by atoms with Crippen LogP contribution >= 0.6 is 11.6 Å². The monoisotopic (exact) mass is 446 g/mol. The molecular weight excluding hydrogens is 420 g/mol. The van der Waals surface area contributed by atoms with Crippen LogP contribution in [0.3, 0.4) is 0 Å². The lowest BCUT2D eigenvalue weighted by Gasteiger charge is -2.19. The first kappa shape index (κ1) is 22.0. The zero-order chi connectivity index (χ0) is 22.5. The minimum atomic E-state index is -0.145. The van der Waals surface area contributed by atoms with Crippen LogP contribution < -0.4 is 10.1 Å². The molecule has 4 aromatic rings. The van der Waals surface area contributed by atoms with Gasteiger partial charge in [0.15, 0.2) is 0 Å². The van der Waals surface area contributed by atoms with Gasteiger partial charge in [-0.1, -0.05) is 55.8 Å². The van der Waals surface area contributed by atoms with E-state index in [-0.39, 0.29) is 11.8 Å². The minimum Gasteiger partial charge on any atom is -0.457 e. The summed E-state index contributed by atoms with van der Waals surface area (Å²) in [5.74, 6) is 1.78. The van der Waals surface area contributed by atoms with Gasteiger partial charge in [0.2, 0.25) is 5.91 Å². The first-order valence-electron chi connectivity index (χ1n) is 10.9. The first-order valence-corrected chi connectivity index (χ1v) is 11.2. The number of fused-ring (bicyclic) bond motifs is 1. The minimum absolute atomic E-state index is 0.0226. The van der Waals surface area contributed by atoms with E-state index in [4.69, 9.17) is 16.3 Å². The van der Waals surface area contributed by atoms with Gasteiger partial charge >= 0.3 is 0 Å². The zero-order valence-corrected chi connectivity index (χ0v) is 19.0. The lowest BCUT2D eigenvalue weighted by Crippen LogP contribution is -2.28. The van der Waals surface area contributed by atoms with Gasteiger partial charge in [0.1, 0.15) is 11.5 Å². The van der Waals surface area contributed by atoms with Crippen LogP contribution in [0.25, 0.3) is 10.9 Å². The Kier molecular flexibility index (Phi) is 6.81. The fourth-order valence-electron chi connectivity index (χ4n) is 3.81. The molecule has 4 rings (SSSR count).